The fraction of sp³-hybridized carbons (Fsp3) is 0.571. The average molecular weight is 303 g/mol. The Morgan fingerprint density at radius 2 is 1.80 bits per heavy atom. The lowest BCUT2D eigenvalue weighted by Crippen LogP contribution is -2.40. The largest absolute Gasteiger partial charge is 0.492 e. The molecule has 0 spiro atoms. The van der Waals surface area contributed by atoms with Crippen LogP contribution in [0.15, 0.2) is 17.0 Å². The van der Waals surface area contributed by atoms with Gasteiger partial charge in [-0.05, 0) is 44.4 Å². The van der Waals surface area contributed by atoms with Crippen molar-refractivity contribution >= 4 is 10.0 Å². The zero-order valence-corrected chi connectivity index (χ0v) is 13.6. The molecule has 6 heteroatoms. The standard InChI is InChI=1S/C14H22FNO3S/c1-9(2)10-7-11(15)13(19-6)12(8-10)20(17,18)16-14(3,4)5/h7-9,16H,1-6H3. The molecule has 0 fully saturated rings. The van der Waals surface area contributed by atoms with E-state index < -0.39 is 21.4 Å². The summed E-state index contributed by atoms with van der Waals surface area (Å²) in [6.45, 7) is 8.91. The Hall–Kier alpha value is -1.14. The van der Waals surface area contributed by atoms with Gasteiger partial charge in [-0.3, -0.25) is 0 Å². The first-order valence-corrected chi connectivity index (χ1v) is 7.87. The third-order valence-corrected chi connectivity index (χ3v) is 4.40. The molecule has 0 bridgehead atoms. The summed E-state index contributed by atoms with van der Waals surface area (Å²) in [5.74, 6) is -0.918. The summed E-state index contributed by atoms with van der Waals surface area (Å²) in [5, 5.41) is 0. The lowest BCUT2D eigenvalue weighted by atomic mass is 10.0. The summed E-state index contributed by atoms with van der Waals surface area (Å²) < 4.78 is 46.2. The highest BCUT2D eigenvalue weighted by atomic mass is 32.2. The van der Waals surface area contributed by atoms with Crippen LogP contribution < -0.4 is 9.46 Å². The van der Waals surface area contributed by atoms with Crippen LogP contribution >= 0.6 is 0 Å². The molecule has 0 aliphatic carbocycles. The Labute approximate surface area is 120 Å². The predicted molar refractivity (Wildman–Crippen MR) is 77.1 cm³/mol. The summed E-state index contributed by atoms with van der Waals surface area (Å²) in [4.78, 5) is -0.168. The maximum Gasteiger partial charge on any atom is 0.244 e. The lowest BCUT2D eigenvalue weighted by molar-refractivity contribution is 0.372. The number of sulfonamides is 1. The van der Waals surface area contributed by atoms with Crippen molar-refractivity contribution in [1.29, 1.82) is 0 Å². The van der Waals surface area contributed by atoms with Crippen molar-refractivity contribution in [2.75, 3.05) is 7.11 Å². The molecule has 20 heavy (non-hydrogen) atoms. The topological polar surface area (TPSA) is 55.4 Å². The summed E-state index contributed by atoms with van der Waals surface area (Å²) >= 11 is 0. The SMILES string of the molecule is COc1c(F)cc(C(C)C)cc1S(=O)(=O)NC(C)(C)C. The first kappa shape index (κ1) is 16.9. The Morgan fingerprint density at radius 1 is 1.25 bits per heavy atom. The van der Waals surface area contributed by atoms with Gasteiger partial charge in [-0.25, -0.2) is 17.5 Å². The van der Waals surface area contributed by atoms with E-state index in [1.165, 1.54) is 19.2 Å². The molecule has 1 N–H and O–H groups in total. The smallest absolute Gasteiger partial charge is 0.244 e. The quantitative estimate of drug-likeness (QED) is 0.930. The Kier molecular flexibility index (Phi) is 4.82. The van der Waals surface area contributed by atoms with Crippen LogP contribution in [0.3, 0.4) is 0 Å². The molecule has 114 valence electrons. The van der Waals surface area contributed by atoms with Gasteiger partial charge in [-0.15, -0.1) is 0 Å². The highest BCUT2D eigenvalue weighted by Crippen LogP contribution is 2.31. The van der Waals surface area contributed by atoms with Gasteiger partial charge in [0.2, 0.25) is 10.0 Å². The van der Waals surface area contributed by atoms with E-state index in [1.807, 2.05) is 13.8 Å². The number of methoxy groups -OCH3 is 1. The molecule has 0 amide bonds. The van der Waals surface area contributed by atoms with Crippen LogP contribution in [0.1, 0.15) is 46.1 Å². The maximum absolute atomic E-state index is 14.0. The van der Waals surface area contributed by atoms with Gasteiger partial charge in [0.05, 0.1) is 7.11 Å². The van der Waals surface area contributed by atoms with Gasteiger partial charge in [0, 0.05) is 5.54 Å². The van der Waals surface area contributed by atoms with Gasteiger partial charge < -0.3 is 4.74 Å². The third-order valence-electron chi connectivity index (χ3n) is 2.63. The molecule has 0 aromatic heterocycles. The van der Waals surface area contributed by atoms with E-state index in [9.17, 15) is 12.8 Å². The van der Waals surface area contributed by atoms with E-state index in [0.717, 1.165) is 0 Å². The van der Waals surface area contributed by atoms with Crippen LogP contribution in [0.25, 0.3) is 0 Å². The molecular weight excluding hydrogens is 281 g/mol. The minimum atomic E-state index is -3.85. The fourth-order valence-corrected chi connectivity index (χ4v) is 3.41. The molecule has 0 heterocycles. The first-order valence-electron chi connectivity index (χ1n) is 6.39. The van der Waals surface area contributed by atoms with Gasteiger partial charge in [0.1, 0.15) is 4.90 Å². The Morgan fingerprint density at radius 3 is 2.20 bits per heavy atom. The third kappa shape index (κ3) is 3.93. The van der Waals surface area contributed by atoms with E-state index in [2.05, 4.69) is 4.72 Å². The fourth-order valence-electron chi connectivity index (χ4n) is 1.78. The minimum absolute atomic E-state index is 0.0130. The molecule has 0 saturated heterocycles. The van der Waals surface area contributed by atoms with E-state index >= 15 is 0 Å². The molecule has 0 unspecified atom stereocenters. The highest BCUT2D eigenvalue weighted by molar-refractivity contribution is 7.89. The molecule has 0 atom stereocenters. The molecule has 0 aliphatic rings. The second kappa shape index (κ2) is 5.69. The van der Waals surface area contributed by atoms with Crippen LogP contribution in [0.5, 0.6) is 5.75 Å². The Bertz CT molecular complexity index is 589. The molecular formula is C14H22FNO3S. The second-order valence-electron chi connectivity index (χ2n) is 6.04. The van der Waals surface area contributed by atoms with Crippen LogP contribution in [0.2, 0.25) is 0 Å². The summed E-state index contributed by atoms with van der Waals surface area (Å²) in [7, 11) is -2.60. The van der Waals surface area contributed by atoms with Crippen LogP contribution in [-0.2, 0) is 10.0 Å². The van der Waals surface area contributed by atoms with Crippen LogP contribution in [-0.4, -0.2) is 21.1 Å². The molecule has 0 aliphatic heterocycles. The van der Waals surface area contributed by atoms with Crippen molar-refractivity contribution < 1.29 is 17.5 Å². The monoisotopic (exact) mass is 303 g/mol. The maximum atomic E-state index is 14.0. The van der Waals surface area contributed by atoms with Gasteiger partial charge in [0.25, 0.3) is 0 Å². The molecule has 4 nitrogen and oxygen atoms in total. The van der Waals surface area contributed by atoms with Crippen LogP contribution in [0, 0.1) is 5.82 Å². The Balaban J connectivity index is 3.49. The molecule has 0 radical (unpaired) electrons. The number of hydrogen-bond donors (Lipinski definition) is 1. The average Bonchev–Trinajstić information content (AvgIpc) is 2.24. The zero-order valence-electron chi connectivity index (χ0n) is 12.7. The summed E-state index contributed by atoms with van der Waals surface area (Å²) in [6.07, 6.45) is 0. The normalized spacial score (nSPS) is 12.8. The van der Waals surface area contributed by atoms with Crippen molar-refractivity contribution in [2.45, 2.75) is 51.0 Å². The lowest BCUT2D eigenvalue weighted by Gasteiger charge is -2.22. The molecule has 1 rings (SSSR count). The number of ether oxygens (including phenoxy) is 1. The van der Waals surface area contributed by atoms with Crippen molar-refractivity contribution in [3.05, 3.63) is 23.5 Å². The first-order chi connectivity index (χ1) is 8.98. The second-order valence-corrected chi connectivity index (χ2v) is 7.70. The zero-order chi connectivity index (χ0) is 15.7. The predicted octanol–water partition coefficient (Wildman–Crippen LogP) is 3.03. The van der Waals surface area contributed by atoms with Crippen molar-refractivity contribution in [3.63, 3.8) is 0 Å². The number of nitrogens with one attached hydrogen (secondary N) is 1. The van der Waals surface area contributed by atoms with E-state index in [0.29, 0.717) is 5.56 Å². The number of halogens is 1. The number of benzene rings is 1. The minimum Gasteiger partial charge on any atom is -0.492 e. The molecule has 0 saturated carbocycles. The number of hydrogen-bond acceptors (Lipinski definition) is 3. The van der Waals surface area contributed by atoms with E-state index in [-0.39, 0.29) is 16.6 Å². The number of rotatable bonds is 4. The summed E-state index contributed by atoms with van der Waals surface area (Å²) in [5.41, 5.74) is -0.0497. The van der Waals surface area contributed by atoms with E-state index in [1.54, 1.807) is 20.8 Å². The van der Waals surface area contributed by atoms with Gasteiger partial charge in [-0.2, -0.15) is 0 Å². The van der Waals surface area contributed by atoms with E-state index in [4.69, 9.17) is 4.74 Å². The molecule has 1 aromatic carbocycles. The van der Waals surface area contributed by atoms with Crippen molar-refractivity contribution in [3.8, 4) is 5.75 Å². The highest BCUT2D eigenvalue weighted by Gasteiger charge is 2.28. The van der Waals surface area contributed by atoms with Crippen molar-refractivity contribution in [1.82, 2.24) is 4.72 Å². The van der Waals surface area contributed by atoms with Gasteiger partial charge in [0.15, 0.2) is 11.6 Å². The van der Waals surface area contributed by atoms with Gasteiger partial charge >= 0.3 is 0 Å². The van der Waals surface area contributed by atoms with Gasteiger partial charge in [-0.1, -0.05) is 13.8 Å². The summed E-state index contributed by atoms with van der Waals surface area (Å²) in [6, 6.07) is 2.76. The van der Waals surface area contributed by atoms with Crippen molar-refractivity contribution in [2.24, 2.45) is 0 Å². The van der Waals surface area contributed by atoms with Crippen LogP contribution in [0.4, 0.5) is 4.39 Å². The molecule has 1 aromatic rings.